The Bertz CT molecular complexity index is 267. The first-order chi connectivity index (χ1) is 12.1. The van der Waals surface area contributed by atoms with E-state index >= 15 is 0 Å². The van der Waals surface area contributed by atoms with E-state index in [1.54, 1.807) is 0 Å². The maximum atomic E-state index is 11.0. The molecule has 0 aromatic carbocycles. The van der Waals surface area contributed by atoms with Crippen LogP contribution in [0, 0.1) is 5.41 Å². The largest absolute Gasteiger partial charge is 0.466 e. The van der Waals surface area contributed by atoms with Gasteiger partial charge in [0.2, 0.25) is 0 Å². The predicted octanol–water partition coefficient (Wildman–Crippen LogP) is 1.93. The summed E-state index contributed by atoms with van der Waals surface area (Å²) in [5.74, 6) is 0.467. The summed E-state index contributed by atoms with van der Waals surface area (Å²) in [5.41, 5.74) is -1.11. The van der Waals surface area contributed by atoms with Crippen molar-refractivity contribution >= 4 is 18.6 Å². The Balaban J connectivity index is 0. The second-order valence-electron chi connectivity index (χ2n) is 6.30. The minimum Gasteiger partial charge on any atom is -0.466 e. The molecule has 0 spiro atoms. The second-order valence-corrected chi connectivity index (χ2v) is 6.75. The lowest BCUT2D eigenvalue weighted by atomic mass is 9.93. The van der Waals surface area contributed by atoms with Gasteiger partial charge in [-0.05, 0) is 6.42 Å². The highest BCUT2D eigenvalue weighted by Crippen LogP contribution is 2.12. The highest BCUT2D eigenvalue weighted by Gasteiger charge is 2.26. The number of carbonyl (C=O) groups is 1. The van der Waals surface area contributed by atoms with E-state index in [2.05, 4.69) is 19.6 Å². The van der Waals surface area contributed by atoms with Crippen LogP contribution in [0.4, 0.5) is 0 Å². The molecule has 0 heterocycles. The van der Waals surface area contributed by atoms with Gasteiger partial charge in [-0.3, -0.25) is 4.79 Å². The van der Waals surface area contributed by atoms with Gasteiger partial charge in [-0.25, -0.2) is 0 Å². The second kappa shape index (κ2) is 20.0. The minimum absolute atomic E-state index is 0.113. The smallest absolute Gasteiger partial charge is 0.306 e. The molecule has 0 aromatic heterocycles. The van der Waals surface area contributed by atoms with Gasteiger partial charge in [-0.1, -0.05) is 51.9 Å². The van der Waals surface area contributed by atoms with E-state index in [4.69, 9.17) is 25.2 Å². The first-order valence-electron chi connectivity index (χ1n) is 9.25. The highest BCUT2D eigenvalue weighted by atomic mass is 32.1. The van der Waals surface area contributed by atoms with Crippen LogP contribution in [0.15, 0.2) is 0 Å². The number of ether oxygens (including phenoxy) is 1. The molecule has 0 aliphatic rings. The van der Waals surface area contributed by atoms with Crippen LogP contribution in [0.25, 0.3) is 0 Å². The fourth-order valence-electron chi connectivity index (χ4n) is 1.89. The molecule has 0 aliphatic carbocycles. The molecule has 152 valence electrons. The molecule has 7 heteroatoms. The zero-order valence-electron chi connectivity index (χ0n) is 15.7. The van der Waals surface area contributed by atoms with E-state index in [1.807, 2.05) is 0 Å². The summed E-state index contributed by atoms with van der Waals surface area (Å²) in [6.45, 7) is 1.20. The van der Waals surface area contributed by atoms with Gasteiger partial charge >= 0.3 is 5.97 Å². The molecule has 4 N–H and O–H groups in total. The number of aliphatic hydroxyl groups is 4. The Hall–Kier alpha value is -0.340. The van der Waals surface area contributed by atoms with E-state index in [0.717, 1.165) is 6.42 Å². The summed E-state index contributed by atoms with van der Waals surface area (Å²) < 4.78 is 5.04. The van der Waals surface area contributed by atoms with E-state index in [-0.39, 0.29) is 5.97 Å². The summed E-state index contributed by atoms with van der Waals surface area (Å²) >= 11 is 3.98. The molecule has 0 aliphatic heterocycles. The molecule has 0 aromatic rings. The lowest BCUT2D eigenvalue weighted by Gasteiger charge is -2.23. The Morgan fingerprint density at radius 2 is 1.28 bits per heavy atom. The molecule has 0 bridgehead atoms. The van der Waals surface area contributed by atoms with Crippen molar-refractivity contribution in [3.63, 3.8) is 0 Å². The molecule has 0 amide bonds. The van der Waals surface area contributed by atoms with Crippen molar-refractivity contribution in [3.05, 3.63) is 0 Å². The third-order valence-corrected chi connectivity index (χ3v) is 4.14. The molecule has 0 fully saturated rings. The first kappa shape index (κ1) is 26.9. The van der Waals surface area contributed by atoms with Crippen LogP contribution < -0.4 is 0 Å². The van der Waals surface area contributed by atoms with E-state index in [0.29, 0.717) is 18.8 Å². The quantitative estimate of drug-likeness (QED) is 0.168. The Morgan fingerprint density at radius 3 is 1.64 bits per heavy atom. The van der Waals surface area contributed by atoms with Crippen molar-refractivity contribution < 1.29 is 30.0 Å². The van der Waals surface area contributed by atoms with Gasteiger partial charge in [-0.2, -0.15) is 12.6 Å². The number of carbonyl (C=O) groups excluding carboxylic acids is 1. The molecular formula is C18H38O6S. The number of hydrogen-bond donors (Lipinski definition) is 5. The van der Waals surface area contributed by atoms with Crippen molar-refractivity contribution in [2.45, 2.75) is 64.7 Å². The van der Waals surface area contributed by atoms with Crippen LogP contribution in [0.1, 0.15) is 64.7 Å². The molecule has 6 nitrogen and oxygen atoms in total. The van der Waals surface area contributed by atoms with Gasteiger partial charge in [0.1, 0.15) is 0 Å². The third kappa shape index (κ3) is 16.9. The zero-order chi connectivity index (χ0) is 19.4. The lowest BCUT2D eigenvalue weighted by molar-refractivity contribution is -0.143. The van der Waals surface area contributed by atoms with Gasteiger partial charge in [0.05, 0.1) is 44.9 Å². The minimum atomic E-state index is -1.11. The van der Waals surface area contributed by atoms with Crippen LogP contribution in [0.2, 0.25) is 0 Å². The third-order valence-electron chi connectivity index (χ3n) is 3.92. The van der Waals surface area contributed by atoms with Crippen molar-refractivity contribution in [3.8, 4) is 0 Å². The molecule has 25 heavy (non-hydrogen) atoms. The predicted molar refractivity (Wildman–Crippen MR) is 103 cm³/mol. The number of esters is 1. The van der Waals surface area contributed by atoms with Crippen LogP contribution in [-0.2, 0) is 9.53 Å². The number of thiol groups is 1. The molecule has 0 saturated heterocycles. The maximum Gasteiger partial charge on any atom is 0.306 e. The van der Waals surface area contributed by atoms with E-state index in [9.17, 15) is 4.79 Å². The number of aliphatic hydroxyl groups excluding tert-OH is 4. The van der Waals surface area contributed by atoms with Gasteiger partial charge in [-0.15, -0.1) is 0 Å². The molecular weight excluding hydrogens is 344 g/mol. The monoisotopic (exact) mass is 382 g/mol. The number of rotatable bonds is 15. The summed E-state index contributed by atoms with van der Waals surface area (Å²) in [5, 5.41) is 34.0. The fourth-order valence-corrected chi connectivity index (χ4v) is 2.07. The van der Waals surface area contributed by atoms with Crippen LogP contribution in [-0.4, -0.2) is 65.2 Å². The Morgan fingerprint density at radius 1 is 0.840 bits per heavy atom. The molecule has 0 radical (unpaired) electrons. The van der Waals surface area contributed by atoms with Gasteiger partial charge in [0.15, 0.2) is 0 Å². The average Bonchev–Trinajstić information content (AvgIpc) is 2.63. The average molecular weight is 383 g/mol. The van der Waals surface area contributed by atoms with Crippen molar-refractivity contribution in [2.24, 2.45) is 5.41 Å². The molecule has 0 saturated carbocycles. The van der Waals surface area contributed by atoms with Crippen molar-refractivity contribution in [2.75, 3.05) is 38.8 Å². The maximum absolute atomic E-state index is 11.0. The number of unbranched alkanes of at least 4 members (excludes halogenated alkanes) is 7. The summed E-state index contributed by atoms with van der Waals surface area (Å²) in [4.78, 5) is 11.0. The SMILES string of the molecule is CCCCCCCCCCOC(=O)CCS.OCC(CO)(CO)CO. The summed E-state index contributed by atoms with van der Waals surface area (Å²) in [6.07, 6.45) is 10.6. The number of hydrogen-bond acceptors (Lipinski definition) is 7. The van der Waals surface area contributed by atoms with Crippen LogP contribution >= 0.6 is 12.6 Å². The van der Waals surface area contributed by atoms with Crippen LogP contribution in [0.5, 0.6) is 0 Å². The van der Waals surface area contributed by atoms with Crippen molar-refractivity contribution in [1.82, 2.24) is 0 Å². The molecule has 0 unspecified atom stereocenters. The van der Waals surface area contributed by atoms with Gasteiger partial charge in [0, 0.05) is 5.75 Å². The highest BCUT2D eigenvalue weighted by molar-refractivity contribution is 7.80. The lowest BCUT2D eigenvalue weighted by Crippen LogP contribution is -2.37. The summed E-state index contributed by atoms with van der Waals surface area (Å²) in [6, 6.07) is 0. The molecule has 0 atom stereocenters. The summed E-state index contributed by atoms with van der Waals surface area (Å²) in [7, 11) is 0. The van der Waals surface area contributed by atoms with Gasteiger partial charge < -0.3 is 25.2 Å². The standard InChI is InChI=1S/C13H26O2S.C5H12O4/c1-2-3-4-5-6-7-8-9-11-15-13(14)10-12-16;6-1-5(2-7,3-8)4-9/h16H,2-12H2,1H3;6-9H,1-4H2. The van der Waals surface area contributed by atoms with Crippen molar-refractivity contribution in [1.29, 1.82) is 0 Å². The zero-order valence-corrected chi connectivity index (χ0v) is 16.6. The van der Waals surface area contributed by atoms with E-state index in [1.165, 1.54) is 44.9 Å². The van der Waals surface area contributed by atoms with E-state index < -0.39 is 31.8 Å². The topological polar surface area (TPSA) is 107 Å². The Labute approximate surface area is 158 Å². The fraction of sp³-hybridized carbons (Fsp3) is 0.944. The Kier molecular flexibility index (Phi) is 21.5. The molecule has 0 rings (SSSR count). The van der Waals surface area contributed by atoms with Crippen LogP contribution in [0.3, 0.4) is 0 Å². The normalized spacial score (nSPS) is 11.0. The van der Waals surface area contributed by atoms with Gasteiger partial charge in [0.25, 0.3) is 0 Å². The first-order valence-corrected chi connectivity index (χ1v) is 9.89.